The van der Waals surface area contributed by atoms with E-state index in [9.17, 15) is 82.8 Å². The lowest BCUT2D eigenvalue weighted by Gasteiger charge is -2.47. The second-order valence-corrected chi connectivity index (χ2v) is 28.4. The number of carboxylic acids is 1. The van der Waals surface area contributed by atoms with Crippen molar-refractivity contribution in [1.82, 2.24) is 5.32 Å². The minimum atomic E-state index is -5.93. The Morgan fingerprint density at radius 2 is 1.00 bits per heavy atom. The number of carbonyl (C=O) groups excluding carboxylic acids is 3. The lowest BCUT2D eigenvalue weighted by atomic mass is 9.85. The maximum atomic E-state index is 13.1. The summed E-state index contributed by atoms with van der Waals surface area (Å²) in [4.78, 5) is 124. The van der Waals surface area contributed by atoms with Gasteiger partial charge >= 0.3 is 17.9 Å². The first-order valence-electron chi connectivity index (χ1n) is 36.3. The summed E-state index contributed by atoms with van der Waals surface area (Å²) in [6, 6.07) is 12.6. The lowest BCUT2D eigenvalue weighted by Crippen LogP contribution is -3.11. The van der Waals surface area contributed by atoms with Crippen LogP contribution in [0.5, 0.6) is 5.75 Å². The number of fused-ring (bicyclic) bond motifs is 2. The molecule has 0 saturated heterocycles. The summed E-state index contributed by atoms with van der Waals surface area (Å²) in [5.41, 5.74) is 0.823. The number of phosphoric acid groups is 3. The van der Waals surface area contributed by atoms with E-state index in [-0.39, 0.29) is 58.6 Å². The molecule has 12 N–H and O–H groups in total. The number of carboxylic acid groups (broad SMARTS) is 1. The maximum Gasteiger partial charge on any atom is 0.336 e. The standard InChI is InChI=1S/C46H60NO25P3.4C6H15N/c1-2-3-4-6-10-13-37(51)68-29(25-67-75(64,65)72-42-39(52)40(53)43(70-73(58,59)60)44(41(42)54)71-74(61,62)63)24-66-36(50)12-9-7-5-8-11-20-47-45(55)26-14-17-30(33(21-26)46(56)57)38-31-18-15-27(48)22-34(31)69-35-23-28(49)16-19-32(35)38;4*1-4-7(5-2)6-3/h14-19,21-23,29,39-44,48,52-54H,2-13,20,24-25H2,1H3,(H,47,55)(H,56,57)(H,64,65)(H2,58,59,60)(H2,61,62,63);4*4-6H2,1-3H3/p+1/t29-,39-,40+,41+,42-,43-,44-;;;;/m1..../s1. The molecule has 0 aromatic heterocycles. The third-order valence-corrected chi connectivity index (χ3v) is 19.7. The maximum absolute atomic E-state index is 13.1. The van der Waals surface area contributed by atoms with Crippen LogP contribution < -0.4 is 45.0 Å². The molecule has 1 amide bonds. The number of benzene rings is 3. The number of aliphatic hydroxyl groups excluding tert-OH is 3. The summed E-state index contributed by atoms with van der Waals surface area (Å²) in [6.45, 7) is 42.3. The Morgan fingerprint density at radius 1 is 0.544 bits per heavy atom. The molecular formula is C70H121N5O25P3+. The molecule has 2 aliphatic carbocycles. The second kappa shape index (κ2) is 51.2. The van der Waals surface area contributed by atoms with Crippen LogP contribution >= 0.6 is 23.5 Å². The van der Waals surface area contributed by atoms with Crippen molar-refractivity contribution < 1.29 is 134 Å². The van der Waals surface area contributed by atoms with Gasteiger partial charge in [-0.25, -0.2) is 4.79 Å². The molecular weight excluding hydrogens is 1400 g/mol. The Hall–Kier alpha value is -5.14. The molecule has 0 bridgehead atoms. The summed E-state index contributed by atoms with van der Waals surface area (Å²) in [5.74, 6) is -3.39. The third kappa shape index (κ3) is 36.8. The van der Waals surface area contributed by atoms with Gasteiger partial charge < -0.3 is 107 Å². The molecule has 2 aromatic carbocycles. The normalized spacial score (nSPS) is 18.5. The van der Waals surface area contributed by atoms with Crippen molar-refractivity contribution in [1.29, 1.82) is 0 Å². The number of phenols is 1. The number of hydrogen-bond donors (Lipinski definition) is 12. The zero-order valence-electron chi connectivity index (χ0n) is 62.7. The zero-order valence-corrected chi connectivity index (χ0v) is 65.3. The number of aliphatic hydroxyl groups is 3. The first-order chi connectivity index (χ1) is 48.7. The van der Waals surface area contributed by atoms with Crippen LogP contribution in [0, 0.1) is 0 Å². The van der Waals surface area contributed by atoms with Crippen molar-refractivity contribution >= 4 is 58.3 Å². The highest BCUT2D eigenvalue weighted by Gasteiger charge is 2.54. The number of amides is 1. The predicted octanol–water partition coefficient (Wildman–Crippen LogP) is 2.24. The van der Waals surface area contributed by atoms with Gasteiger partial charge in [-0.3, -0.25) is 32.9 Å². The molecule has 2 aromatic rings. The fourth-order valence-electron chi connectivity index (χ4n) is 11.1. The second-order valence-electron chi connectivity index (χ2n) is 24.7. The molecule has 5 rings (SSSR count). The van der Waals surface area contributed by atoms with Crippen LogP contribution in [-0.2, 0) is 50.9 Å². The van der Waals surface area contributed by atoms with Crippen LogP contribution in [0.1, 0.15) is 188 Å². The van der Waals surface area contributed by atoms with E-state index in [1.165, 1.54) is 127 Å². The van der Waals surface area contributed by atoms with Gasteiger partial charge in [0.2, 0.25) is 0 Å². The van der Waals surface area contributed by atoms with E-state index < -0.39 is 103 Å². The van der Waals surface area contributed by atoms with E-state index in [4.69, 9.17) is 23.3 Å². The van der Waals surface area contributed by atoms with E-state index in [0.29, 0.717) is 61.5 Å². The predicted molar refractivity (Wildman–Crippen MR) is 384 cm³/mol. The minimum Gasteiger partial charge on any atom is -0.756 e. The van der Waals surface area contributed by atoms with Gasteiger partial charge in [0.15, 0.2) is 11.5 Å². The summed E-state index contributed by atoms with van der Waals surface area (Å²) in [5, 5.41) is 55.1. The van der Waals surface area contributed by atoms with Gasteiger partial charge in [0.1, 0.15) is 60.3 Å². The molecule has 1 aliphatic heterocycles. The number of unbranched alkanes of at least 4 members (excludes halogenated alkanes) is 8. The molecule has 103 heavy (non-hydrogen) atoms. The Labute approximate surface area is 607 Å². The molecule has 0 spiro atoms. The van der Waals surface area contributed by atoms with Gasteiger partial charge in [-0.05, 0) is 144 Å². The molecule has 33 heteroatoms. The van der Waals surface area contributed by atoms with Crippen molar-refractivity contribution in [3.8, 4) is 28.2 Å². The number of phenolic OH excluding ortho intramolecular Hbond substituents is 1. The quantitative estimate of drug-likeness (QED) is 0.0131. The average molecular weight is 1530 g/mol. The number of hydrogen-bond acceptors (Lipinski definition) is 22. The molecule has 30 nitrogen and oxygen atoms in total. The van der Waals surface area contributed by atoms with Crippen LogP contribution in [0.15, 0.2) is 63.8 Å². The highest BCUT2D eigenvalue weighted by atomic mass is 31.2. The van der Waals surface area contributed by atoms with Crippen molar-refractivity contribution in [3.05, 3.63) is 75.9 Å². The SMILES string of the molecule is CCCCCCCC(=O)O[C@H](COC(=O)CCCCCCCNC(=O)c1ccc(-c2c3ccc(=O)cc-3oc3cc(O)ccc23)c(C(=O)O)c1)COP(=O)([O-])O[C@@H]1[C@H](O)[C@H](O)[C@@H](OP(=O)([O-])O)[C@H](OP(=O)([O-])O)[C@H]1O.CC[NH+](CC)CC.CC[NH+](CC)CC.CC[NH+](CC)CC.CC[NH+](CC)CC. The van der Waals surface area contributed by atoms with Crippen molar-refractivity contribution in [2.24, 2.45) is 0 Å². The number of carbonyl (C=O) groups is 4. The van der Waals surface area contributed by atoms with Crippen molar-refractivity contribution in [2.75, 3.05) is 98.3 Å². The number of aromatic hydroxyl groups is 1. The summed E-state index contributed by atoms with van der Waals surface area (Å²) >= 11 is 0. The number of aromatic carboxylic acids is 1. The number of phosphoric ester groups is 3. The van der Waals surface area contributed by atoms with E-state index in [2.05, 4.69) is 102 Å². The van der Waals surface area contributed by atoms with Crippen LogP contribution in [0.4, 0.5) is 0 Å². The van der Waals surface area contributed by atoms with Crippen LogP contribution in [-0.4, -0.2) is 200 Å². The van der Waals surface area contributed by atoms with Gasteiger partial charge in [-0.1, -0.05) is 57.9 Å². The van der Waals surface area contributed by atoms with Crippen LogP contribution in [0.3, 0.4) is 0 Å². The molecule has 0 radical (unpaired) electrons. The Bertz CT molecular complexity index is 3180. The highest BCUT2D eigenvalue weighted by molar-refractivity contribution is 7.46. The van der Waals surface area contributed by atoms with E-state index in [0.717, 1.165) is 19.3 Å². The number of nitrogens with one attached hydrogen (secondary N) is 5. The zero-order chi connectivity index (χ0) is 78.0. The molecule has 1 fully saturated rings. The van der Waals surface area contributed by atoms with E-state index in [1.807, 2.05) is 6.92 Å². The van der Waals surface area contributed by atoms with Crippen molar-refractivity contribution in [2.45, 2.75) is 210 Å². The molecule has 1 heterocycles. The monoisotopic (exact) mass is 1520 g/mol. The van der Waals surface area contributed by atoms with Gasteiger partial charge in [0.05, 0.1) is 90.7 Å². The van der Waals surface area contributed by atoms with E-state index >= 15 is 0 Å². The van der Waals surface area contributed by atoms with Gasteiger partial charge in [-0.15, -0.1) is 0 Å². The lowest BCUT2D eigenvalue weighted by molar-refractivity contribution is -0.894. The Kier molecular flexibility index (Phi) is 47.6. The molecule has 590 valence electrons. The number of quaternary nitrogens is 4. The fraction of sp³-hybridized carbons (Fsp3) is 0.671. The molecule has 3 unspecified atom stereocenters. The highest BCUT2D eigenvalue weighted by Crippen LogP contribution is 2.48. The first kappa shape index (κ1) is 95.9. The fourth-order valence-corrected chi connectivity index (χ4v) is 13.2. The van der Waals surface area contributed by atoms with Crippen LogP contribution in [0.2, 0.25) is 0 Å². The smallest absolute Gasteiger partial charge is 0.336 e. The van der Waals surface area contributed by atoms with Gasteiger partial charge in [0, 0.05) is 53.6 Å². The van der Waals surface area contributed by atoms with Crippen LogP contribution in [0.25, 0.3) is 33.4 Å². The summed E-state index contributed by atoms with van der Waals surface area (Å²) in [7, 11) is -17.6. The molecule has 10 atom stereocenters. The van der Waals surface area contributed by atoms with Gasteiger partial charge in [0.25, 0.3) is 29.4 Å². The first-order valence-corrected chi connectivity index (χ1v) is 40.8. The van der Waals surface area contributed by atoms with Crippen molar-refractivity contribution in [3.63, 3.8) is 0 Å². The molecule has 1 saturated carbocycles. The molecule has 3 aliphatic rings. The third-order valence-electron chi connectivity index (χ3n) is 17.7. The average Bonchev–Trinajstić information content (AvgIpc) is 0.753. The Morgan fingerprint density at radius 3 is 1.48 bits per heavy atom. The number of ether oxygens (including phenoxy) is 2. The van der Waals surface area contributed by atoms with E-state index in [1.54, 1.807) is 25.7 Å². The number of rotatable bonds is 41. The topological polar surface area (TPSA) is 446 Å². The summed E-state index contributed by atoms with van der Waals surface area (Å²) < 4.78 is 69.9. The Balaban J connectivity index is 0.00000158. The summed E-state index contributed by atoms with van der Waals surface area (Å²) in [6.07, 6.45) is -11.4. The number of esters is 2. The minimum absolute atomic E-state index is 0.0712. The van der Waals surface area contributed by atoms with Gasteiger partial charge in [-0.2, -0.15) is 0 Å². The largest absolute Gasteiger partial charge is 0.756 e.